The molecule has 1 unspecified atom stereocenters. The summed E-state index contributed by atoms with van der Waals surface area (Å²) >= 11 is 0. The minimum Gasteiger partial charge on any atom is -0.434 e. The number of rotatable bonds is 4. The second-order valence-corrected chi connectivity index (χ2v) is 6.40. The van der Waals surface area contributed by atoms with Gasteiger partial charge in [0.2, 0.25) is 5.91 Å². The highest BCUT2D eigenvalue weighted by Gasteiger charge is 2.33. The second kappa shape index (κ2) is 8.44. The number of benzene rings is 1. The highest BCUT2D eigenvalue weighted by molar-refractivity contribution is 5.97. The van der Waals surface area contributed by atoms with Crippen LogP contribution in [0.1, 0.15) is 23.2 Å². The smallest absolute Gasteiger partial charge is 0.387 e. The monoisotopic (exact) mass is 368 g/mol. The largest absolute Gasteiger partial charge is 0.434 e. The van der Waals surface area contributed by atoms with Crippen LogP contribution in [0.2, 0.25) is 0 Å². The van der Waals surface area contributed by atoms with Crippen molar-refractivity contribution in [1.29, 1.82) is 0 Å². The molecule has 2 aliphatic heterocycles. The van der Waals surface area contributed by atoms with Gasteiger partial charge in [-0.05, 0) is 25.0 Å². The van der Waals surface area contributed by atoms with Crippen LogP contribution in [0.4, 0.5) is 8.78 Å². The zero-order valence-electron chi connectivity index (χ0n) is 14.4. The lowest BCUT2D eigenvalue weighted by Gasteiger charge is -2.36. The molecule has 0 aromatic heterocycles. The Hall–Kier alpha value is -2.22. The Kier molecular flexibility index (Phi) is 6.03. The number of alkyl halides is 2. The predicted molar refractivity (Wildman–Crippen MR) is 89.1 cm³/mol. The van der Waals surface area contributed by atoms with Crippen molar-refractivity contribution < 1.29 is 27.8 Å². The Morgan fingerprint density at radius 2 is 1.85 bits per heavy atom. The van der Waals surface area contributed by atoms with E-state index in [2.05, 4.69) is 4.74 Å². The summed E-state index contributed by atoms with van der Waals surface area (Å²) in [4.78, 5) is 28.8. The van der Waals surface area contributed by atoms with Crippen molar-refractivity contribution in [2.24, 2.45) is 5.92 Å². The number of piperidine rings is 1. The topological polar surface area (TPSA) is 59.1 Å². The molecule has 2 saturated heterocycles. The van der Waals surface area contributed by atoms with Gasteiger partial charge in [-0.2, -0.15) is 8.78 Å². The van der Waals surface area contributed by atoms with E-state index in [4.69, 9.17) is 4.74 Å². The van der Waals surface area contributed by atoms with Gasteiger partial charge < -0.3 is 19.3 Å². The number of hydrogen-bond acceptors (Lipinski definition) is 4. The standard InChI is InChI=1S/C18H22F2N2O4/c19-18(20)26-15-6-2-1-5-14(15)17(24)22-7-3-4-13(12-22)16(23)21-8-10-25-11-9-21/h1-2,5-6,13,18H,3-4,7-12H2. The summed E-state index contributed by atoms with van der Waals surface area (Å²) in [5.41, 5.74) is 0.0901. The van der Waals surface area contributed by atoms with Gasteiger partial charge >= 0.3 is 6.61 Å². The first kappa shape index (κ1) is 18.6. The Morgan fingerprint density at radius 3 is 2.58 bits per heavy atom. The van der Waals surface area contributed by atoms with Gasteiger partial charge in [-0.15, -0.1) is 0 Å². The lowest BCUT2D eigenvalue weighted by atomic mass is 9.95. The fourth-order valence-electron chi connectivity index (χ4n) is 3.42. The van der Waals surface area contributed by atoms with Crippen LogP contribution in [0.25, 0.3) is 0 Å². The molecule has 0 bridgehead atoms. The van der Waals surface area contributed by atoms with Crippen molar-refractivity contribution in [3.8, 4) is 5.75 Å². The van der Waals surface area contributed by atoms with Gasteiger partial charge in [0.05, 0.1) is 24.7 Å². The molecule has 2 aliphatic rings. The maximum atomic E-state index is 12.8. The van der Waals surface area contributed by atoms with Crippen molar-refractivity contribution in [3.63, 3.8) is 0 Å². The van der Waals surface area contributed by atoms with Crippen LogP contribution in [0.15, 0.2) is 24.3 Å². The summed E-state index contributed by atoms with van der Waals surface area (Å²) in [7, 11) is 0. The Morgan fingerprint density at radius 1 is 1.12 bits per heavy atom. The summed E-state index contributed by atoms with van der Waals surface area (Å²) in [5, 5.41) is 0. The maximum absolute atomic E-state index is 12.8. The number of carbonyl (C=O) groups excluding carboxylic acids is 2. The third-order valence-corrected chi connectivity index (χ3v) is 4.71. The van der Waals surface area contributed by atoms with Crippen molar-refractivity contribution in [3.05, 3.63) is 29.8 Å². The molecule has 2 amide bonds. The molecule has 6 nitrogen and oxygen atoms in total. The molecule has 0 spiro atoms. The Labute approximate surface area is 150 Å². The summed E-state index contributed by atoms with van der Waals surface area (Å²) in [5.74, 6) is -0.772. The van der Waals surface area contributed by atoms with Crippen LogP contribution in [-0.2, 0) is 9.53 Å². The fourth-order valence-corrected chi connectivity index (χ4v) is 3.42. The quantitative estimate of drug-likeness (QED) is 0.816. The molecule has 0 aliphatic carbocycles. The van der Waals surface area contributed by atoms with E-state index < -0.39 is 6.61 Å². The van der Waals surface area contributed by atoms with Crippen LogP contribution >= 0.6 is 0 Å². The molecule has 1 aromatic rings. The number of amides is 2. The average molecular weight is 368 g/mol. The third-order valence-electron chi connectivity index (χ3n) is 4.71. The number of para-hydroxylation sites is 1. The number of carbonyl (C=O) groups is 2. The minimum atomic E-state index is -3.00. The Bertz CT molecular complexity index is 650. The molecular weight excluding hydrogens is 346 g/mol. The molecule has 2 heterocycles. The van der Waals surface area contributed by atoms with E-state index in [0.29, 0.717) is 39.3 Å². The normalized spacial score (nSPS) is 21.0. The van der Waals surface area contributed by atoms with E-state index >= 15 is 0 Å². The van der Waals surface area contributed by atoms with E-state index in [0.717, 1.165) is 6.42 Å². The SMILES string of the molecule is O=C(c1ccccc1OC(F)F)N1CCCC(C(=O)N2CCOCC2)C1. The number of hydrogen-bond donors (Lipinski definition) is 0. The summed E-state index contributed by atoms with van der Waals surface area (Å²) in [6.07, 6.45) is 1.42. The molecule has 1 atom stereocenters. The zero-order valence-corrected chi connectivity index (χ0v) is 14.4. The maximum Gasteiger partial charge on any atom is 0.387 e. The molecule has 8 heteroatoms. The van der Waals surface area contributed by atoms with E-state index in [1.165, 1.54) is 18.2 Å². The highest BCUT2D eigenvalue weighted by Crippen LogP contribution is 2.26. The Balaban J connectivity index is 1.69. The molecule has 142 valence electrons. The van der Waals surface area contributed by atoms with Crippen LogP contribution in [-0.4, -0.2) is 67.6 Å². The van der Waals surface area contributed by atoms with E-state index in [9.17, 15) is 18.4 Å². The van der Waals surface area contributed by atoms with Gasteiger partial charge in [0.1, 0.15) is 5.75 Å². The van der Waals surface area contributed by atoms with E-state index in [1.807, 2.05) is 0 Å². The zero-order chi connectivity index (χ0) is 18.5. The number of nitrogens with zero attached hydrogens (tertiary/aromatic N) is 2. The predicted octanol–water partition coefficient (Wildman–Crippen LogP) is 2.00. The highest BCUT2D eigenvalue weighted by atomic mass is 19.3. The van der Waals surface area contributed by atoms with E-state index in [-0.39, 0.29) is 35.6 Å². The van der Waals surface area contributed by atoms with Crippen molar-refractivity contribution in [1.82, 2.24) is 9.80 Å². The molecular formula is C18H22F2N2O4. The van der Waals surface area contributed by atoms with Crippen molar-refractivity contribution >= 4 is 11.8 Å². The first-order valence-corrected chi connectivity index (χ1v) is 8.76. The molecule has 3 rings (SSSR count). The second-order valence-electron chi connectivity index (χ2n) is 6.40. The van der Waals surface area contributed by atoms with Gasteiger partial charge in [0.25, 0.3) is 5.91 Å². The molecule has 1 aromatic carbocycles. The molecule has 0 N–H and O–H groups in total. The molecule has 2 fully saturated rings. The summed E-state index contributed by atoms with van der Waals surface area (Å²) in [6, 6.07) is 5.95. The first-order chi connectivity index (χ1) is 12.6. The van der Waals surface area contributed by atoms with Crippen LogP contribution < -0.4 is 4.74 Å². The van der Waals surface area contributed by atoms with Crippen molar-refractivity contribution in [2.75, 3.05) is 39.4 Å². The van der Waals surface area contributed by atoms with Gasteiger partial charge in [0.15, 0.2) is 0 Å². The lowest BCUT2D eigenvalue weighted by Crippen LogP contribution is -2.49. The van der Waals surface area contributed by atoms with Crippen LogP contribution in [0, 0.1) is 5.92 Å². The number of likely N-dealkylation sites (tertiary alicyclic amines) is 1. The number of ether oxygens (including phenoxy) is 2. The fraction of sp³-hybridized carbons (Fsp3) is 0.556. The summed E-state index contributed by atoms with van der Waals surface area (Å²) in [6.45, 7) is -0.0325. The van der Waals surface area contributed by atoms with Crippen molar-refractivity contribution in [2.45, 2.75) is 19.5 Å². The molecule has 0 radical (unpaired) electrons. The molecule has 26 heavy (non-hydrogen) atoms. The van der Waals surface area contributed by atoms with Crippen LogP contribution in [0.3, 0.4) is 0 Å². The number of morpholine rings is 1. The van der Waals surface area contributed by atoms with Gasteiger partial charge in [-0.3, -0.25) is 9.59 Å². The van der Waals surface area contributed by atoms with E-state index in [1.54, 1.807) is 15.9 Å². The van der Waals surface area contributed by atoms with Crippen LogP contribution in [0.5, 0.6) is 5.75 Å². The average Bonchev–Trinajstić information content (AvgIpc) is 2.67. The van der Waals surface area contributed by atoms with Gasteiger partial charge in [0, 0.05) is 26.2 Å². The van der Waals surface area contributed by atoms with Gasteiger partial charge in [-0.25, -0.2) is 0 Å². The third kappa shape index (κ3) is 4.30. The number of halogens is 2. The summed E-state index contributed by atoms with van der Waals surface area (Å²) < 4.78 is 34.9. The van der Waals surface area contributed by atoms with Gasteiger partial charge in [-0.1, -0.05) is 12.1 Å². The minimum absolute atomic E-state index is 0.0305. The first-order valence-electron chi connectivity index (χ1n) is 8.76. The molecule has 0 saturated carbocycles. The lowest BCUT2D eigenvalue weighted by molar-refractivity contribution is -0.141.